The molecule has 1 aromatic rings. The summed E-state index contributed by atoms with van der Waals surface area (Å²) in [5, 5.41) is 8.94. The van der Waals surface area contributed by atoms with Crippen molar-refractivity contribution in [2.75, 3.05) is 0 Å². The Morgan fingerprint density at radius 1 is 1.13 bits per heavy atom. The quantitative estimate of drug-likeness (QED) is 0.751. The summed E-state index contributed by atoms with van der Waals surface area (Å²) >= 11 is 0. The van der Waals surface area contributed by atoms with Crippen LogP contribution in [0.15, 0.2) is 29.8 Å². The summed E-state index contributed by atoms with van der Waals surface area (Å²) < 4.78 is 0. The molecule has 0 saturated heterocycles. The van der Waals surface area contributed by atoms with Gasteiger partial charge in [0, 0.05) is 6.08 Å². The number of allylic oxidation sites excluding steroid dienone is 1. The molecule has 1 N–H and O–H groups in total. The average Bonchev–Trinajstić information content (AvgIpc) is 2.91. The Morgan fingerprint density at radius 3 is 2.43 bits per heavy atom. The fraction of sp³-hybridized carbons (Fsp3) is 0.571. The largest absolute Gasteiger partial charge is 0.478 e. The van der Waals surface area contributed by atoms with Gasteiger partial charge in [0.05, 0.1) is 0 Å². The number of carboxylic acids is 1. The van der Waals surface area contributed by atoms with Crippen molar-refractivity contribution in [1.29, 1.82) is 0 Å². The first-order chi connectivity index (χ1) is 10.7. The zero-order valence-electron chi connectivity index (χ0n) is 14.8. The van der Waals surface area contributed by atoms with E-state index in [1.165, 1.54) is 35.6 Å². The van der Waals surface area contributed by atoms with Crippen molar-refractivity contribution < 1.29 is 9.90 Å². The lowest BCUT2D eigenvalue weighted by Crippen LogP contribution is -2.33. The average molecular weight is 312 g/mol. The molecule has 124 valence electrons. The van der Waals surface area contributed by atoms with Crippen LogP contribution in [0.5, 0.6) is 0 Å². The summed E-state index contributed by atoms with van der Waals surface area (Å²) in [5.41, 5.74) is 5.97. The third-order valence-electron chi connectivity index (χ3n) is 6.00. The Balaban J connectivity index is 1.94. The zero-order chi connectivity index (χ0) is 16.8. The lowest BCUT2D eigenvalue weighted by Gasteiger charge is -2.42. The Morgan fingerprint density at radius 2 is 1.78 bits per heavy atom. The van der Waals surface area contributed by atoms with Crippen LogP contribution in [-0.2, 0) is 15.6 Å². The van der Waals surface area contributed by atoms with Crippen LogP contribution < -0.4 is 0 Å². The van der Waals surface area contributed by atoms with Gasteiger partial charge in [0.2, 0.25) is 0 Å². The van der Waals surface area contributed by atoms with Crippen molar-refractivity contribution in [1.82, 2.24) is 0 Å². The molecular weight excluding hydrogens is 284 g/mol. The van der Waals surface area contributed by atoms with Crippen LogP contribution in [0.4, 0.5) is 0 Å². The van der Waals surface area contributed by atoms with E-state index >= 15 is 0 Å². The molecular formula is C21H28O2. The monoisotopic (exact) mass is 312 g/mol. The van der Waals surface area contributed by atoms with Gasteiger partial charge in [0.1, 0.15) is 0 Å². The summed E-state index contributed by atoms with van der Waals surface area (Å²) in [6.07, 6.45) is 6.76. The molecule has 1 unspecified atom stereocenters. The molecule has 1 saturated carbocycles. The van der Waals surface area contributed by atoms with E-state index in [1.807, 2.05) is 0 Å². The van der Waals surface area contributed by atoms with Crippen LogP contribution >= 0.6 is 0 Å². The maximum Gasteiger partial charge on any atom is 0.328 e. The topological polar surface area (TPSA) is 37.3 Å². The number of aliphatic carboxylic acids is 1. The maximum atomic E-state index is 10.9. The molecule has 2 aliphatic rings. The SMILES string of the molecule is CC1(C)CCC(C)(C)c2cc(C3CCC(=CC(=O)O)C3)ccc21. The molecule has 0 aliphatic heterocycles. The van der Waals surface area contributed by atoms with Crippen LogP contribution in [0, 0.1) is 0 Å². The minimum absolute atomic E-state index is 0.235. The van der Waals surface area contributed by atoms with Crippen LogP contribution in [0.25, 0.3) is 0 Å². The third-order valence-corrected chi connectivity index (χ3v) is 6.00. The summed E-state index contributed by atoms with van der Waals surface area (Å²) in [7, 11) is 0. The standard InChI is InChI=1S/C21H28O2/c1-20(2)9-10-21(3,4)18-13-16(7-8-17(18)20)15-6-5-14(11-15)12-19(22)23/h7-8,12-13,15H,5-6,9-11H2,1-4H3,(H,22,23). The summed E-state index contributed by atoms with van der Waals surface area (Å²) in [5.74, 6) is -0.333. The Kier molecular flexibility index (Phi) is 3.90. The molecule has 0 radical (unpaired) electrons. The zero-order valence-corrected chi connectivity index (χ0v) is 14.8. The van der Waals surface area contributed by atoms with Gasteiger partial charge in [0.25, 0.3) is 0 Å². The van der Waals surface area contributed by atoms with Crippen LogP contribution in [0.3, 0.4) is 0 Å². The van der Waals surface area contributed by atoms with E-state index in [0.717, 1.165) is 24.8 Å². The molecule has 1 atom stereocenters. The van der Waals surface area contributed by atoms with Gasteiger partial charge in [-0.05, 0) is 65.5 Å². The van der Waals surface area contributed by atoms with E-state index in [9.17, 15) is 4.79 Å². The molecule has 23 heavy (non-hydrogen) atoms. The van der Waals surface area contributed by atoms with Crippen LogP contribution in [0.2, 0.25) is 0 Å². The number of benzene rings is 1. The third kappa shape index (κ3) is 3.08. The second-order valence-corrected chi connectivity index (χ2v) is 8.65. The van der Waals surface area contributed by atoms with Crippen molar-refractivity contribution in [3.63, 3.8) is 0 Å². The van der Waals surface area contributed by atoms with Crippen molar-refractivity contribution in [3.8, 4) is 0 Å². The van der Waals surface area contributed by atoms with E-state index in [4.69, 9.17) is 5.11 Å². The summed E-state index contributed by atoms with van der Waals surface area (Å²) in [4.78, 5) is 10.9. The first-order valence-corrected chi connectivity index (χ1v) is 8.76. The highest BCUT2D eigenvalue weighted by Crippen LogP contribution is 2.47. The van der Waals surface area contributed by atoms with E-state index in [0.29, 0.717) is 5.92 Å². The molecule has 2 aliphatic carbocycles. The first kappa shape index (κ1) is 16.3. The second kappa shape index (κ2) is 5.51. The fourth-order valence-electron chi connectivity index (χ4n) is 4.33. The summed E-state index contributed by atoms with van der Waals surface area (Å²) in [6.45, 7) is 9.42. The maximum absolute atomic E-state index is 10.9. The number of hydrogen-bond donors (Lipinski definition) is 1. The molecule has 0 bridgehead atoms. The van der Waals surface area contributed by atoms with Crippen molar-refractivity contribution in [2.45, 2.75) is 76.5 Å². The van der Waals surface area contributed by atoms with Crippen molar-refractivity contribution in [2.24, 2.45) is 0 Å². The highest BCUT2D eigenvalue weighted by Gasteiger charge is 2.37. The Hall–Kier alpha value is -1.57. The Labute approximate surface area is 139 Å². The molecule has 0 heterocycles. The molecule has 0 spiro atoms. The van der Waals surface area contributed by atoms with E-state index in [1.54, 1.807) is 0 Å². The van der Waals surface area contributed by atoms with Crippen molar-refractivity contribution >= 4 is 5.97 Å². The van der Waals surface area contributed by atoms with E-state index in [2.05, 4.69) is 45.9 Å². The van der Waals surface area contributed by atoms with Gasteiger partial charge in [-0.2, -0.15) is 0 Å². The predicted molar refractivity (Wildman–Crippen MR) is 94.0 cm³/mol. The van der Waals surface area contributed by atoms with Crippen LogP contribution in [0.1, 0.15) is 82.4 Å². The van der Waals surface area contributed by atoms with Crippen LogP contribution in [-0.4, -0.2) is 11.1 Å². The van der Waals surface area contributed by atoms with Gasteiger partial charge >= 0.3 is 5.97 Å². The summed E-state index contributed by atoms with van der Waals surface area (Å²) in [6, 6.07) is 7.05. The smallest absolute Gasteiger partial charge is 0.328 e. The number of carbonyl (C=O) groups is 1. The number of hydrogen-bond acceptors (Lipinski definition) is 1. The van der Waals surface area contributed by atoms with Gasteiger partial charge in [-0.3, -0.25) is 0 Å². The lowest BCUT2D eigenvalue weighted by molar-refractivity contribution is -0.131. The normalized spacial score (nSPS) is 27.0. The highest BCUT2D eigenvalue weighted by molar-refractivity contribution is 5.80. The van der Waals surface area contributed by atoms with Gasteiger partial charge in [0.15, 0.2) is 0 Å². The minimum Gasteiger partial charge on any atom is -0.478 e. The molecule has 2 heteroatoms. The van der Waals surface area contributed by atoms with Gasteiger partial charge < -0.3 is 5.11 Å². The van der Waals surface area contributed by atoms with Gasteiger partial charge in [-0.15, -0.1) is 0 Å². The molecule has 0 amide bonds. The van der Waals surface area contributed by atoms with E-state index in [-0.39, 0.29) is 10.8 Å². The van der Waals surface area contributed by atoms with Gasteiger partial charge in [-0.25, -0.2) is 4.79 Å². The predicted octanol–water partition coefficient (Wildman–Crippen LogP) is 5.31. The molecule has 1 aromatic carbocycles. The first-order valence-electron chi connectivity index (χ1n) is 8.76. The Bertz CT molecular complexity index is 664. The lowest BCUT2D eigenvalue weighted by atomic mass is 9.62. The second-order valence-electron chi connectivity index (χ2n) is 8.65. The minimum atomic E-state index is -0.811. The number of fused-ring (bicyclic) bond motifs is 1. The van der Waals surface area contributed by atoms with E-state index < -0.39 is 5.97 Å². The fourth-order valence-corrected chi connectivity index (χ4v) is 4.33. The molecule has 3 rings (SSSR count). The van der Waals surface area contributed by atoms with Gasteiger partial charge in [-0.1, -0.05) is 51.5 Å². The molecule has 1 fully saturated rings. The number of carboxylic acid groups (broad SMARTS) is 1. The molecule has 0 aromatic heterocycles. The molecule has 2 nitrogen and oxygen atoms in total. The number of rotatable bonds is 2. The highest BCUT2D eigenvalue weighted by atomic mass is 16.4. The van der Waals surface area contributed by atoms with Crippen molar-refractivity contribution in [3.05, 3.63) is 46.5 Å².